The van der Waals surface area contributed by atoms with Gasteiger partial charge in [-0.2, -0.15) is 0 Å². The third-order valence-electron chi connectivity index (χ3n) is 1.86. The second-order valence-electron chi connectivity index (χ2n) is 2.91. The number of aliphatic hydroxyl groups excluding tert-OH is 1. The summed E-state index contributed by atoms with van der Waals surface area (Å²) in [5.74, 6) is 0. The molecule has 2 atom stereocenters. The van der Waals surface area contributed by atoms with Crippen LogP contribution in [0.1, 0.15) is 18.5 Å². The Labute approximate surface area is 90.8 Å². The summed E-state index contributed by atoms with van der Waals surface area (Å²) in [7, 11) is 0. The first-order valence-corrected chi connectivity index (χ1v) is 5.08. The van der Waals surface area contributed by atoms with Crippen molar-refractivity contribution in [3.63, 3.8) is 0 Å². The maximum Gasteiger partial charge on any atom is 0.0705 e. The molecule has 0 aliphatic carbocycles. The fourth-order valence-electron chi connectivity index (χ4n) is 1.04. The summed E-state index contributed by atoms with van der Waals surface area (Å²) in [6.45, 7) is 1.64. The Morgan fingerprint density at radius 3 is 2.69 bits per heavy atom. The summed E-state index contributed by atoms with van der Waals surface area (Å²) < 4.78 is 0.794. The zero-order valence-corrected chi connectivity index (χ0v) is 9.51. The molecule has 0 radical (unpaired) electrons. The highest BCUT2D eigenvalue weighted by Crippen LogP contribution is 2.30. The van der Waals surface area contributed by atoms with Gasteiger partial charge in [0.25, 0.3) is 0 Å². The number of aliphatic hydroxyl groups is 1. The van der Waals surface area contributed by atoms with Gasteiger partial charge in [-0.25, -0.2) is 0 Å². The molecule has 3 N–H and O–H groups in total. The summed E-state index contributed by atoms with van der Waals surface area (Å²) in [5, 5.41) is 9.86. The van der Waals surface area contributed by atoms with E-state index in [1.807, 2.05) is 18.2 Å². The Kier molecular flexibility index (Phi) is 3.74. The lowest BCUT2D eigenvalue weighted by Crippen LogP contribution is -2.23. The number of benzene rings is 1. The van der Waals surface area contributed by atoms with E-state index >= 15 is 0 Å². The first kappa shape index (κ1) is 11.0. The highest BCUT2D eigenvalue weighted by Gasteiger charge is 2.16. The molecule has 0 fully saturated rings. The van der Waals surface area contributed by atoms with Crippen LogP contribution in [0.5, 0.6) is 0 Å². The summed E-state index contributed by atoms with van der Waals surface area (Å²) >= 11 is 9.29. The number of halogens is 2. The Morgan fingerprint density at radius 2 is 2.15 bits per heavy atom. The van der Waals surface area contributed by atoms with E-state index in [4.69, 9.17) is 17.3 Å². The van der Waals surface area contributed by atoms with Gasteiger partial charge in [0.1, 0.15) is 0 Å². The van der Waals surface area contributed by atoms with Gasteiger partial charge in [-0.05, 0) is 34.5 Å². The largest absolute Gasteiger partial charge is 0.391 e. The molecule has 0 saturated heterocycles. The average molecular weight is 265 g/mol. The minimum Gasteiger partial charge on any atom is -0.391 e. The molecule has 0 saturated carbocycles. The number of hydrogen-bond acceptors (Lipinski definition) is 2. The van der Waals surface area contributed by atoms with Crippen LogP contribution in [0.4, 0.5) is 0 Å². The van der Waals surface area contributed by atoms with E-state index in [0.717, 1.165) is 10.0 Å². The molecule has 0 bridgehead atoms. The van der Waals surface area contributed by atoms with Crippen LogP contribution in [0.15, 0.2) is 22.7 Å². The molecular weight excluding hydrogens is 253 g/mol. The van der Waals surface area contributed by atoms with E-state index < -0.39 is 12.1 Å². The van der Waals surface area contributed by atoms with Crippen molar-refractivity contribution in [1.82, 2.24) is 0 Å². The molecule has 13 heavy (non-hydrogen) atoms. The molecule has 0 aromatic heterocycles. The first-order valence-electron chi connectivity index (χ1n) is 3.91. The lowest BCUT2D eigenvalue weighted by molar-refractivity contribution is 0.164. The molecule has 1 aromatic rings. The van der Waals surface area contributed by atoms with Crippen molar-refractivity contribution in [2.45, 2.75) is 19.1 Å². The van der Waals surface area contributed by atoms with Crippen molar-refractivity contribution >= 4 is 27.5 Å². The second-order valence-corrected chi connectivity index (χ2v) is 4.14. The summed E-state index contributed by atoms with van der Waals surface area (Å²) in [5.41, 5.74) is 6.51. The van der Waals surface area contributed by atoms with Crippen LogP contribution >= 0.6 is 27.5 Å². The van der Waals surface area contributed by atoms with Crippen LogP contribution in [0.2, 0.25) is 5.02 Å². The molecule has 72 valence electrons. The molecule has 0 amide bonds. The summed E-state index contributed by atoms with van der Waals surface area (Å²) in [6, 6.07) is 5.04. The van der Waals surface area contributed by atoms with Crippen LogP contribution in [0.25, 0.3) is 0 Å². The number of nitrogens with two attached hydrogens (primary N) is 1. The third-order valence-corrected chi connectivity index (χ3v) is 3.17. The van der Waals surface area contributed by atoms with Crippen LogP contribution < -0.4 is 5.73 Å². The molecule has 0 heterocycles. The molecule has 1 aromatic carbocycles. The summed E-state index contributed by atoms with van der Waals surface area (Å²) in [6.07, 6.45) is -0.605. The third kappa shape index (κ3) is 2.44. The SMILES string of the molecule is CC(O)[C@H](N)c1cccc(Br)c1Cl. The van der Waals surface area contributed by atoms with Crippen molar-refractivity contribution in [2.75, 3.05) is 0 Å². The predicted octanol–water partition coefficient (Wildman–Crippen LogP) is 2.48. The van der Waals surface area contributed by atoms with E-state index in [9.17, 15) is 5.11 Å². The first-order chi connectivity index (χ1) is 6.04. The maximum atomic E-state index is 9.29. The monoisotopic (exact) mass is 263 g/mol. The van der Waals surface area contributed by atoms with Gasteiger partial charge < -0.3 is 10.8 Å². The highest BCUT2D eigenvalue weighted by molar-refractivity contribution is 9.10. The molecule has 0 spiro atoms. The topological polar surface area (TPSA) is 46.2 Å². The highest BCUT2D eigenvalue weighted by atomic mass is 79.9. The molecule has 4 heteroatoms. The van der Waals surface area contributed by atoms with E-state index in [1.165, 1.54) is 0 Å². The number of rotatable bonds is 2. The number of hydrogen-bond donors (Lipinski definition) is 2. The van der Waals surface area contributed by atoms with Crippen molar-refractivity contribution in [1.29, 1.82) is 0 Å². The normalized spacial score (nSPS) is 15.5. The zero-order chi connectivity index (χ0) is 10.0. The zero-order valence-electron chi connectivity index (χ0n) is 7.17. The molecule has 1 unspecified atom stereocenters. The minimum atomic E-state index is -0.605. The predicted molar refractivity (Wildman–Crippen MR) is 57.8 cm³/mol. The van der Waals surface area contributed by atoms with Gasteiger partial charge in [0, 0.05) is 4.47 Å². The van der Waals surface area contributed by atoms with Crippen LogP contribution in [0.3, 0.4) is 0 Å². The van der Waals surface area contributed by atoms with Gasteiger partial charge >= 0.3 is 0 Å². The van der Waals surface area contributed by atoms with Gasteiger partial charge in [-0.3, -0.25) is 0 Å². The second kappa shape index (κ2) is 4.42. The van der Waals surface area contributed by atoms with Gasteiger partial charge in [-0.15, -0.1) is 0 Å². The van der Waals surface area contributed by atoms with Crippen molar-refractivity contribution in [2.24, 2.45) is 5.73 Å². The van der Waals surface area contributed by atoms with Crippen LogP contribution in [0, 0.1) is 0 Å². The molecule has 0 aliphatic heterocycles. The van der Waals surface area contributed by atoms with Crippen LogP contribution in [-0.2, 0) is 0 Å². The lowest BCUT2D eigenvalue weighted by Gasteiger charge is -2.16. The van der Waals surface area contributed by atoms with E-state index in [1.54, 1.807) is 6.92 Å². The Balaban J connectivity index is 3.07. The Hall–Kier alpha value is -0.0900. The van der Waals surface area contributed by atoms with Crippen molar-refractivity contribution in [3.05, 3.63) is 33.3 Å². The van der Waals surface area contributed by atoms with Gasteiger partial charge in [0.15, 0.2) is 0 Å². The molecule has 2 nitrogen and oxygen atoms in total. The fraction of sp³-hybridized carbons (Fsp3) is 0.333. The van der Waals surface area contributed by atoms with E-state index in [0.29, 0.717) is 5.02 Å². The van der Waals surface area contributed by atoms with Gasteiger partial charge in [0.05, 0.1) is 17.2 Å². The quantitative estimate of drug-likeness (QED) is 0.862. The van der Waals surface area contributed by atoms with E-state index in [-0.39, 0.29) is 0 Å². The molecule has 1 rings (SSSR count). The van der Waals surface area contributed by atoms with E-state index in [2.05, 4.69) is 15.9 Å². The fourth-order valence-corrected chi connectivity index (χ4v) is 1.67. The van der Waals surface area contributed by atoms with Gasteiger partial charge in [0.2, 0.25) is 0 Å². The molecular formula is C9H11BrClNO. The Bertz CT molecular complexity index is 304. The summed E-state index contributed by atoms with van der Waals surface area (Å²) in [4.78, 5) is 0. The van der Waals surface area contributed by atoms with Crippen LogP contribution in [-0.4, -0.2) is 11.2 Å². The smallest absolute Gasteiger partial charge is 0.0705 e. The standard InChI is InChI=1S/C9H11BrClNO/c1-5(13)9(12)6-3-2-4-7(10)8(6)11/h2-5,9,13H,12H2,1H3/t5?,9-/m0/s1. The molecule has 0 aliphatic rings. The van der Waals surface area contributed by atoms with Gasteiger partial charge in [-0.1, -0.05) is 23.7 Å². The average Bonchev–Trinajstić information content (AvgIpc) is 2.08. The van der Waals surface area contributed by atoms with Crippen molar-refractivity contribution < 1.29 is 5.11 Å². The van der Waals surface area contributed by atoms with Crippen molar-refractivity contribution in [3.8, 4) is 0 Å². The maximum absolute atomic E-state index is 9.29. The Morgan fingerprint density at radius 1 is 1.54 bits per heavy atom. The lowest BCUT2D eigenvalue weighted by atomic mass is 10.0. The minimum absolute atomic E-state index is 0.440.